The van der Waals surface area contributed by atoms with E-state index in [9.17, 15) is 18.8 Å². The summed E-state index contributed by atoms with van der Waals surface area (Å²) >= 11 is 0. The van der Waals surface area contributed by atoms with E-state index < -0.39 is 0 Å². The van der Waals surface area contributed by atoms with E-state index in [1.165, 1.54) is 12.1 Å². The van der Waals surface area contributed by atoms with Crippen molar-refractivity contribution >= 4 is 23.4 Å². The molecule has 0 saturated carbocycles. The maximum atomic E-state index is 13.2. The van der Waals surface area contributed by atoms with Gasteiger partial charge in [0.05, 0.1) is 12.5 Å². The number of nitrogens with one attached hydrogen (secondary N) is 1. The fourth-order valence-corrected chi connectivity index (χ4v) is 4.37. The maximum absolute atomic E-state index is 13.2. The first-order valence-electron chi connectivity index (χ1n) is 11.2. The largest absolute Gasteiger partial charge is 0.340 e. The molecular weight excluding hydrogens is 409 g/mol. The molecule has 2 aliphatic rings. The number of anilines is 1. The second-order valence-electron chi connectivity index (χ2n) is 8.53. The summed E-state index contributed by atoms with van der Waals surface area (Å²) in [5.41, 5.74) is 2.41. The molecule has 1 atom stereocenters. The van der Waals surface area contributed by atoms with Crippen molar-refractivity contribution in [3.63, 3.8) is 0 Å². The Morgan fingerprint density at radius 1 is 1.00 bits per heavy atom. The Kier molecular flexibility index (Phi) is 6.83. The molecule has 168 valence electrons. The number of amides is 3. The van der Waals surface area contributed by atoms with Gasteiger partial charge in [-0.3, -0.25) is 14.4 Å². The average Bonchev–Trinajstić information content (AvgIpc) is 2.81. The van der Waals surface area contributed by atoms with E-state index in [4.69, 9.17) is 0 Å². The molecule has 2 saturated heterocycles. The monoisotopic (exact) mass is 437 g/mol. The molecule has 2 aromatic carbocycles. The molecule has 2 heterocycles. The molecule has 0 aromatic heterocycles. The molecule has 0 spiro atoms. The standard InChI is InChI=1S/C25H28FN3O3/c26-21-11-9-18(10-12-21)19-5-3-7-22(15-19)27-25(32)20-6-4-14-28(16-20)24(31)17-29-13-2-1-8-23(29)30/h3,5,7,9-12,15,20H,1-2,4,6,8,13-14,16-17H2,(H,27,32)/t20-/m1/s1. The van der Waals surface area contributed by atoms with Crippen molar-refractivity contribution in [2.45, 2.75) is 32.1 Å². The summed E-state index contributed by atoms with van der Waals surface area (Å²) in [5.74, 6) is -0.751. The molecule has 3 amide bonds. The Bertz CT molecular complexity index is 992. The Labute approximate surface area is 187 Å². The molecule has 2 fully saturated rings. The summed E-state index contributed by atoms with van der Waals surface area (Å²) in [7, 11) is 0. The fourth-order valence-electron chi connectivity index (χ4n) is 4.37. The van der Waals surface area contributed by atoms with Gasteiger partial charge in [-0.1, -0.05) is 24.3 Å². The van der Waals surface area contributed by atoms with E-state index in [1.54, 1.807) is 21.9 Å². The third kappa shape index (κ3) is 5.33. The van der Waals surface area contributed by atoms with Gasteiger partial charge < -0.3 is 15.1 Å². The SMILES string of the molecule is O=C(Nc1cccc(-c2ccc(F)cc2)c1)[C@@H]1CCCN(C(=O)CN2CCCCC2=O)C1. The van der Waals surface area contributed by atoms with Crippen molar-refractivity contribution in [3.8, 4) is 11.1 Å². The van der Waals surface area contributed by atoms with Crippen LogP contribution < -0.4 is 5.32 Å². The van der Waals surface area contributed by atoms with Crippen molar-refractivity contribution in [2.24, 2.45) is 5.92 Å². The van der Waals surface area contributed by atoms with E-state index in [1.807, 2.05) is 24.3 Å². The van der Waals surface area contributed by atoms with Gasteiger partial charge in [-0.2, -0.15) is 0 Å². The van der Waals surface area contributed by atoms with Crippen LogP contribution in [0.25, 0.3) is 11.1 Å². The average molecular weight is 438 g/mol. The van der Waals surface area contributed by atoms with Crippen LogP contribution in [-0.4, -0.2) is 53.7 Å². The van der Waals surface area contributed by atoms with E-state index >= 15 is 0 Å². The van der Waals surface area contributed by atoms with Gasteiger partial charge in [-0.15, -0.1) is 0 Å². The van der Waals surface area contributed by atoms with Crippen LogP contribution in [0, 0.1) is 11.7 Å². The molecule has 0 aliphatic carbocycles. The highest BCUT2D eigenvalue weighted by Crippen LogP contribution is 2.25. The van der Waals surface area contributed by atoms with Crippen molar-refractivity contribution in [1.82, 2.24) is 9.80 Å². The minimum atomic E-state index is -0.292. The van der Waals surface area contributed by atoms with Crippen molar-refractivity contribution in [1.29, 1.82) is 0 Å². The quantitative estimate of drug-likeness (QED) is 0.776. The lowest BCUT2D eigenvalue weighted by Crippen LogP contribution is -2.49. The second kappa shape index (κ2) is 9.94. The van der Waals surface area contributed by atoms with Gasteiger partial charge >= 0.3 is 0 Å². The summed E-state index contributed by atoms with van der Waals surface area (Å²) in [6.45, 7) is 1.72. The lowest BCUT2D eigenvalue weighted by Gasteiger charge is -2.34. The van der Waals surface area contributed by atoms with Crippen LogP contribution >= 0.6 is 0 Å². The van der Waals surface area contributed by atoms with Crippen LogP contribution in [0.1, 0.15) is 32.1 Å². The number of likely N-dealkylation sites (tertiary alicyclic amines) is 2. The molecule has 32 heavy (non-hydrogen) atoms. The summed E-state index contributed by atoms with van der Waals surface area (Å²) in [6.07, 6.45) is 3.80. The zero-order chi connectivity index (χ0) is 22.5. The van der Waals surface area contributed by atoms with Gasteiger partial charge in [0.15, 0.2) is 0 Å². The molecule has 2 aliphatic heterocycles. The number of hydrogen-bond donors (Lipinski definition) is 1. The number of benzene rings is 2. The first-order valence-corrected chi connectivity index (χ1v) is 11.2. The topological polar surface area (TPSA) is 69.7 Å². The van der Waals surface area contributed by atoms with Crippen LogP contribution in [0.15, 0.2) is 48.5 Å². The third-order valence-electron chi connectivity index (χ3n) is 6.20. The Morgan fingerprint density at radius 2 is 1.81 bits per heavy atom. The lowest BCUT2D eigenvalue weighted by molar-refractivity contribution is -0.143. The highest BCUT2D eigenvalue weighted by atomic mass is 19.1. The number of carbonyl (C=O) groups excluding carboxylic acids is 3. The van der Waals surface area contributed by atoms with Gasteiger partial charge in [0.1, 0.15) is 5.82 Å². The smallest absolute Gasteiger partial charge is 0.242 e. The van der Waals surface area contributed by atoms with Gasteiger partial charge in [0, 0.05) is 31.7 Å². The fraction of sp³-hybridized carbons (Fsp3) is 0.400. The van der Waals surface area contributed by atoms with Crippen molar-refractivity contribution in [2.75, 3.05) is 31.5 Å². The van der Waals surface area contributed by atoms with Gasteiger partial charge in [-0.25, -0.2) is 4.39 Å². The number of halogens is 1. The lowest BCUT2D eigenvalue weighted by atomic mass is 9.96. The van der Waals surface area contributed by atoms with Gasteiger partial charge in [0.25, 0.3) is 0 Å². The first-order chi connectivity index (χ1) is 15.5. The highest BCUT2D eigenvalue weighted by molar-refractivity contribution is 5.94. The Balaban J connectivity index is 1.36. The van der Waals surface area contributed by atoms with Crippen LogP contribution in [0.5, 0.6) is 0 Å². The van der Waals surface area contributed by atoms with Crippen LogP contribution in [0.4, 0.5) is 10.1 Å². The summed E-state index contributed by atoms with van der Waals surface area (Å²) in [6, 6.07) is 13.7. The van der Waals surface area contributed by atoms with Crippen molar-refractivity contribution in [3.05, 3.63) is 54.3 Å². The Hall–Kier alpha value is -3.22. The number of nitrogens with zero attached hydrogens (tertiary/aromatic N) is 2. The summed E-state index contributed by atoms with van der Waals surface area (Å²) < 4.78 is 13.2. The zero-order valence-corrected chi connectivity index (χ0v) is 18.1. The normalized spacial score (nSPS) is 19.0. The van der Waals surface area contributed by atoms with E-state index in [0.717, 1.165) is 36.8 Å². The predicted octanol–water partition coefficient (Wildman–Crippen LogP) is 3.68. The van der Waals surface area contributed by atoms with Gasteiger partial charge in [-0.05, 0) is 61.1 Å². The zero-order valence-electron chi connectivity index (χ0n) is 18.1. The molecule has 2 aromatic rings. The minimum absolute atomic E-state index is 0.0388. The molecule has 0 radical (unpaired) electrons. The van der Waals surface area contributed by atoms with E-state index in [2.05, 4.69) is 5.32 Å². The van der Waals surface area contributed by atoms with Crippen LogP contribution in [0.2, 0.25) is 0 Å². The summed E-state index contributed by atoms with van der Waals surface area (Å²) in [5, 5.41) is 2.97. The second-order valence-corrected chi connectivity index (χ2v) is 8.53. The maximum Gasteiger partial charge on any atom is 0.242 e. The number of hydrogen-bond acceptors (Lipinski definition) is 3. The number of rotatable bonds is 5. The summed E-state index contributed by atoms with van der Waals surface area (Å²) in [4.78, 5) is 41.0. The molecule has 1 N–H and O–H groups in total. The molecular formula is C25H28FN3O3. The van der Waals surface area contributed by atoms with E-state index in [0.29, 0.717) is 31.7 Å². The van der Waals surface area contributed by atoms with Gasteiger partial charge in [0.2, 0.25) is 17.7 Å². The van der Waals surface area contributed by atoms with E-state index in [-0.39, 0.29) is 36.0 Å². The number of carbonyl (C=O) groups is 3. The molecule has 0 bridgehead atoms. The minimum Gasteiger partial charge on any atom is -0.340 e. The number of piperidine rings is 2. The van der Waals surface area contributed by atoms with Crippen LogP contribution in [0.3, 0.4) is 0 Å². The molecule has 4 rings (SSSR count). The molecule has 6 nitrogen and oxygen atoms in total. The molecule has 7 heteroatoms. The highest BCUT2D eigenvalue weighted by Gasteiger charge is 2.30. The molecule has 0 unspecified atom stereocenters. The van der Waals surface area contributed by atoms with Crippen LogP contribution in [-0.2, 0) is 14.4 Å². The third-order valence-corrected chi connectivity index (χ3v) is 6.20. The Morgan fingerprint density at radius 3 is 2.59 bits per heavy atom. The first kappa shape index (κ1) is 22.0. The predicted molar refractivity (Wildman–Crippen MR) is 120 cm³/mol. The van der Waals surface area contributed by atoms with Crippen molar-refractivity contribution < 1.29 is 18.8 Å².